The highest BCUT2D eigenvalue weighted by Gasteiger charge is 2.26. The quantitative estimate of drug-likeness (QED) is 0.312. The summed E-state index contributed by atoms with van der Waals surface area (Å²) in [4.78, 5) is 5.45. The van der Waals surface area contributed by atoms with Gasteiger partial charge in [-0.05, 0) is 80.2 Å². The van der Waals surface area contributed by atoms with Crippen LogP contribution < -0.4 is 0 Å². The van der Waals surface area contributed by atoms with Gasteiger partial charge in [-0.25, -0.2) is 9.67 Å². The molecule has 0 saturated carbocycles. The van der Waals surface area contributed by atoms with E-state index in [4.69, 9.17) is 9.84 Å². The van der Waals surface area contributed by atoms with Gasteiger partial charge in [0.2, 0.25) is 0 Å². The Morgan fingerprint density at radius 1 is 1.06 bits per heavy atom. The zero-order chi connectivity index (χ0) is 24.7. The minimum atomic E-state index is -0.992. The summed E-state index contributed by atoms with van der Waals surface area (Å²) in [6.07, 6.45) is 14.7. The molecule has 0 fully saturated rings. The van der Waals surface area contributed by atoms with Crippen LogP contribution in [0.4, 0.5) is 0 Å². The number of aliphatic hydroxyl groups is 1. The van der Waals surface area contributed by atoms with Gasteiger partial charge in [0, 0.05) is 23.5 Å². The van der Waals surface area contributed by atoms with E-state index in [1.165, 1.54) is 65.0 Å². The van der Waals surface area contributed by atoms with E-state index >= 15 is 0 Å². The zero-order valence-electron chi connectivity index (χ0n) is 20.8. The van der Waals surface area contributed by atoms with Crippen LogP contribution in [0.3, 0.4) is 0 Å². The molecule has 6 rings (SSSR count). The number of nitrogens with zero attached hydrogens (tertiary/aromatic N) is 3. The number of ether oxygens (including phenoxy) is 1. The number of hydrogen-bond acceptors (Lipinski definition) is 5. The summed E-state index contributed by atoms with van der Waals surface area (Å²) in [6.45, 7) is 4.01. The molecule has 0 unspecified atom stereocenters. The van der Waals surface area contributed by atoms with Gasteiger partial charge in [0.25, 0.3) is 0 Å². The molecule has 0 aliphatic heterocycles. The van der Waals surface area contributed by atoms with E-state index in [-0.39, 0.29) is 0 Å². The Labute approximate surface area is 216 Å². The maximum Gasteiger partial charge on any atom is 0.124 e. The van der Waals surface area contributed by atoms with Crippen LogP contribution >= 0.6 is 11.3 Å². The Bertz CT molecular complexity index is 1390. The molecule has 2 aliphatic carbocycles. The van der Waals surface area contributed by atoms with E-state index in [2.05, 4.69) is 34.1 Å². The molecule has 0 amide bonds. The van der Waals surface area contributed by atoms with Crippen LogP contribution in [0.2, 0.25) is 0 Å². The van der Waals surface area contributed by atoms with E-state index in [0.29, 0.717) is 11.6 Å². The first-order valence-electron chi connectivity index (χ1n) is 12.7. The molecule has 0 saturated heterocycles. The van der Waals surface area contributed by atoms with Gasteiger partial charge < -0.3 is 9.84 Å². The molecule has 4 aromatic rings. The summed E-state index contributed by atoms with van der Waals surface area (Å²) in [5.74, 6) is 0. The molecule has 6 heteroatoms. The van der Waals surface area contributed by atoms with Gasteiger partial charge in [-0.3, -0.25) is 0 Å². The fraction of sp³-hybridized carbons (Fsp3) is 0.333. The maximum absolute atomic E-state index is 10.5. The number of fused-ring (bicyclic) bond motifs is 2. The molecule has 1 N–H and O–H groups in total. The van der Waals surface area contributed by atoms with Gasteiger partial charge in [-0.2, -0.15) is 5.10 Å². The molecule has 5 nitrogen and oxygen atoms in total. The first kappa shape index (κ1) is 23.2. The molecule has 2 aromatic heterocycles. The third kappa shape index (κ3) is 4.40. The van der Waals surface area contributed by atoms with E-state index in [9.17, 15) is 5.11 Å². The molecule has 2 aliphatic rings. The largest absolute Gasteiger partial charge is 0.496 e. The average Bonchev–Trinajstić information content (AvgIpc) is 3.66. The minimum Gasteiger partial charge on any atom is -0.496 e. The molecule has 36 heavy (non-hydrogen) atoms. The predicted octanol–water partition coefficient (Wildman–Crippen LogP) is 6.14. The van der Waals surface area contributed by atoms with Crippen LogP contribution in [0.1, 0.15) is 70.0 Å². The lowest BCUT2D eigenvalue weighted by molar-refractivity contribution is 0.0783. The van der Waals surface area contributed by atoms with Crippen molar-refractivity contribution in [1.29, 1.82) is 0 Å². The third-order valence-electron chi connectivity index (χ3n) is 7.15. The van der Waals surface area contributed by atoms with E-state index in [1.54, 1.807) is 13.8 Å². The Morgan fingerprint density at radius 3 is 2.44 bits per heavy atom. The average molecular weight is 498 g/mol. The lowest BCUT2D eigenvalue weighted by Gasteiger charge is -2.15. The molecule has 0 bridgehead atoms. The summed E-state index contributed by atoms with van der Waals surface area (Å²) >= 11 is 1.49. The van der Waals surface area contributed by atoms with E-state index in [1.807, 2.05) is 36.9 Å². The number of rotatable bonds is 7. The summed E-state index contributed by atoms with van der Waals surface area (Å²) in [7, 11) is 0. The zero-order valence-corrected chi connectivity index (χ0v) is 21.6. The smallest absolute Gasteiger partial charge is 0.124 e. The second-order valence-electron chi connectivity index (χ2n) is 10.3. The van der Waals surface area contributed by atoms with Crippen molar-refractivity contribution in [3.63, 3.8) is 0 Å². The second-order valence-corrected chi connectivity index (χ2v) is 11.3. The Kier molecular flexibility index (Phi) is 6.02. The first-order valence-corrected chi connectivity index (χ1v) is 13.6. The van der Waals surface area contributed by atoms with E-state index < -0.39 is 5.60 Å². The van der Waals surface area contributed by atoms with Crippen molar-refractivity contribution < 1.29 is 9.84 Å². The van der Waals surface area contributed by atoms with Crippen molar-refractivity contribution >= 4 is 16.9 Å². The van der Waals surface area contributed by atoms with Gasteiger partial charge in [-0.1, -0.05) is 36.4 Å². The maximum atomic E-state index is 10.5. The number of hydrogen-bond donors (Lipinski definition) is 1. The van der Waals surface area contributed by atoms with Crippen molar-refractivity contribution in [1.82, 2.24) is 14.8 Å². The minimum absolute atomic E-state index is 0.481. The van der Waals surface area contributed by atoms with Crippen LogP contribution in [0.15, 0.2) is 61.3 Å². The highest BCUT2D eigenvalue weighted by Crippen LogP contribution is 2.38. The second kappa shape index (κ2) is 9.34. The van der Waals surface area contributed by atoms with Crippen molar-refractivity contribution in [3.05, 3.63) is 105 Å². The van der Waals surface area contributed by atoms with Crippen LogP contribution in [0.5, 0.6) is 0 Å². The fourth-order valence-electron chi connectivity index (χ4n) is 5.39. The lowest BCUT2D eigenvalue weighted by Crippen LogP contribution is -2.14. The van der Waals surface area contributed by atoms with Gasteiger partial charge in [-0.15, -0.1) is 11.3 Å². The molecular formula is C30H31N3O2S. The number of benzene rings is 2. The number of aryl methyl sites for hydroxylation is 2. The summed E-state index contributed by atoms with van der Waals surface area (Å²) in [6, 6.07) is 12.6. The SMILES string of the molecule is CC(C)(O)c1ncc(/C(=C\OCc2ccccc2)c2cnn(-c3c4c(cc5c3CCC5)CCC4)c2)s1. The standard InChI is InChI=1S/C30H31N3O2S/c1-30(2,34)29-31-16-27(36-29)26(19-35-18-20-8-4-3-5-9-20)23-15-32-33(17-23)28-24-12-6-10-21(24)14-22-11-7-13-25(22)28/h3-5,8-9,14-17,19,34H,6-7,10-13,18H2,1-2H3/b26-19-. The van der Waals surface area contributed by atoms with Crippen LogP contribution in [0, 0.1) is 0 Å². The lowest BCUT2D eigenvalue weighted by atomic mass is 9.99. The molecule has 0 radical (unpaired) electrons. The Morgan fingerprint density at radius 2 is 1.78 bits per heavy atom. The Balaban J connectivity index is 1.39. The number of aromatic nitrogens is 3. The summed E-state index contributed by atoms with van der Waals surface area (Å²) < 4.78 is 8.16. The number of thiazole rings is 1. The van der Waals surface area contributed by atoms with Crippen LogP contribution in [-0.2, 0) is 42.6 Å². The van der Waals surface area contributed by atoms with Crippen molar-refractivity contribution in [2.24, 2.45) is 0 Å². The highest BCUT2D eigenvalue weighted by atomic mass is 32.1. The molecule has 0 atom stereocenters. The first-order chi connectivity index (χ1) is 17.5. The summed E-state index contributed by atoms with van der Waals surface area (Å²) in [5, 5.41) is 16.0. The molecular weight excluding hydrogens is 466 g/mol. The van der Waals surface area contributed by atoms with Crippen molar-refractivity contribution in [2.75, 3.05) is 0 Å². The predicted molar refractivity (Wildman–Crippen MR) is 143 cm³/mol. The topological polar surface area (TPSA) is 60.2 Å². The molecule has 2 heterocycles. The molecule has 0 spiro atoms. The normalized spacial score (nSPS) is 15.2. The van der Waals surface area contributed by atoms with Crippen molar-refractivity contribution in [3.8, 4) is 5.69 Å². The van der Waals surface area contributed by atoms with Gasteiger partial charge >= 0.3 is 0 Å². The summed E-state index contributed by atoms with van der Waals surface area (Å²) in [5.41, 5.74) is 9.27. The third-order valence-corrected chi connectivity index (χ3v) is 8.50. The molecule has 184 valence electrons. The van der Waals surface area contributed by atoms with E-state index in [0.717, 1.165) is 34.4 Å². The molecule has 2 aromatic carbocycles. The van der Waals surface area contributed by atoms with Crippen LogP contribution in [-0.4, -0.2) is 19.9 Å². The monoisotopic (exact) mass is 497 g/mol. The van der Waals surface area contributed by atoms with Gasteiger partial charge in [0.1, 0.15) is 17.2 Å². The van der Waals surface area contributed by atoms with Crippen molar-refractivity contribution in [2.45, 2.75) is 64.6 Å². The van der Waals surface area contributed by atoms with Gasteiger partial charge in [0.15, 0.2) is 0 Å². The Hall–Kier alpha value is -3.22. The van der Waals surface area contributed by atoms with Crippen LogP contribution in [0.25, 0.3) is 11.3 Å². The van der Waals surface area contributed by atoms with Gasteiger partial charge in [0.05, 0.1) is 23.0 Å². The highest BCUT2D eigenvalue weighted by molar-refractivity contribution is 7.13. The fourth-order valence-corrected chi connectivity index (χ4v) is 6.34.